The first-order valence-corrected chi connectivity index (χ1v) is 7.31. The van der Waals surface area contributed by atoms with E-state index in [1.165, 1.54) is 5.56 Å². The van der Waals surface area contributed by atoms with Gasteiger partial charge in [0.15, 0.2) is 0 Å². The number of rotatable bonds is 0. The minimum absolute atomic E-state index is 0.242. The molecular weight excluding hydrogens is 268 g/mol. The number of benzene rings is 2. The summed E-state index contributed by atoms with van der Waals surface area (Å²) in [5.74, 6) is 0. The average Bonchev–Trinajstić information content (AvgIpc) is 2.79. The molecule has 0 amide bonds. The van der Waals surface area contributed by atoms with E-state index >= 15 is 0 Å². The Morgan fingerprint density at radius 2 is 1.65 bits per heavy atom. The molecule has 4 rings (SSSR count). The van der Waals surface area contributed by atoms with Gasteiger partial charge in [-0.25, -0.2) is 4.79 Å². The highest BCUT2D eigenvalue weighted by atomic mass is 32.1. The lowest BCUT2D eigenvalue weighted by Gasteiger charge is -1.99. The van der Waals surface area contributed by atoms with Gasteiger partial charge in [0.2, 0.25) is 0 Å². The van der Waals surface area contributed by atoms with E-state index in [-0.39, 0.29) is 5.63 Å². The van der Waals surface area contributed by atoms with Gasteiger partial charge in [-0.15, -0.1) is 11.3 Å². The number of hydrogen-bond donors (Lipinski definition) is 0. The molecule has 20 heavy (non-hydrogen) atoms. The summed E-state index contributed by atoms with van der Waals surface area (Å²) >= 11 is 1.66. The van der Waals surface area contributed by atoms with E-state index in [0.29, 0.717) is 11.0 Å². The van der Waals surface area contributed by atoms with Crippen molar-refractivity contribution < 1.29 is 4.42 Å². The van der Waals surface area contributed by atoms with Crippen LogP contribution in [-0.4, -0.2) is 0 Å². The second-order valence-electron chi connectivity index (χ2n) is 5.19. The Labute approximate surface area is 119 Å². The van der Waals surface area contributed by atoms with Gasteiger partial charge in [-0.3, -0.25) is 0 Å². The Kier molecular flexibility index (Phi) is 2.30. The van der Waals surface area contributed by atoms with E-state index in [2.05, 4.69) is 24.3 Å². The monoisotopic (exact) mass is 280 g/mol. The van der Waals surface area contributed by atoms with Crippen molar-refractivity contribution in [2.24, 2.45) is 0 Å². The summed E-state index contributed by atoms with van der Waals surface area (Å²) in [6.45, 7) is 4.09. The molecule has 0 fully saturated rings. The molecule has 0 N–H and O–H groups in total. The third-order valence-electron chi connectivity index (χ3n) is 3.63. The second kappa shape index (κ2) is 3.93. The van der Waals surface area contributed by atoms with Gasteiger partial charge in [0.25, 0.3) is 0 Å². The van der Waals surface area contributed by atoms with E-state index in [4.69, 9.17) is 4.42 Å². The van der Waals surface area contributed by atoms with Crippen LogP contribution in [0.1, 0.15) is 11.1 Å². The molecule has 2 nitrogen and oxygen atoms in total. The molecule has 3 heteroatoms. The van der Waals surface area contributed by atoms with Gasteiger partial charge >= 0.3 is 5.63 Å². The lowest BCUT2D eigenvalue weighted by atomic mass is 10.1. The zero-order chi connectivity index (χ0) is 13.9. The minimum Gasteiger partial charge on any atom is -0.422 e. The van der Waals surface area contributed by atoms with Crippen LogP contribution in [0.25, 0.3) is 31.1 Å². The van der Waals surface area contributed by atoms with Crippen molar-refractivity contribution in [2.45, 2.75) is 13.8 Å². The zero-order valence-corrected chi connectivity index (χ0v) is 12.0. The normalized spacial score (nSPS) is 11.7. The van der Waals surface area contributed by atoms with Crippen molar-refractivity contribution in [3.63, 3.8) is 0 Å². The molecule has 0 atom stereocenters. The van der Waals surface area contributed by atoms with Crippen LogP contribution in [0.5, 0.6) is 0 Å². The van der Waals surface area contributed by atoms with Crippen molar-refractivity contribution in [1.29, 1.82) is 0 Å². The summed E-state index contributed by atoms with van der Waals surface area (Å²) in [5.41, 5.74) is 2.74. The molecule has 0 radical (unpaired) electrons. The van der Waals surface area contributed by atoms with Crippen molar-refractivity contribution in [3.05, 3.63) is 57.9 Å². The molecule has 2 aromatic carbocycles. The van der Waals surface area contributed by atoms with Gasteiger partial charge in [0, 0.05) is 15.5 Å². The standard InChI is InChI=1S/C17H12O2S/c1-9-3-5-13-11(7-9)16-15(17(18)19-13)12-8-10(2)4-6-14(12)20-16/h3-8H,1-2H3. The van der Waals surface area contributed by atoms with Crippen molar-refractivity contribution in [3.8, 4) is 0 Å². The van der Waals surface area contributed by atoms with Crippen LogP contribution in [0.2, 0.25) is 0 Å². The Balaban J connectivity index is 2.35. The third-order valence-corrected chi connectivity index (χ3v) is 4.83. The Morgan fingerprint density at radius 3 is 2.45 bits per heavy atom. The molecule has 0 saturated carbocycles. The van der Waals surface area contributed by atoms with E-state index in [1.807, 2.05) is 26.0 Å². The Morgan fingerprint density at radius 1 is 0.950 bits per heavy atom. The fourth-order valence-electron chi connectivity index (χ4n) is 2.66. The number of hydrogen-bond acceptors (Lipinski definition) is 3. The Bertz CT molecular complexity index is 1040. The van der Waals surface area contributed by atoms with Crippen LogP contribution >= 0.6 is 11.3 Å². The molecule has 2 heterocycles. The first kappa shape index (κ1) is 11.7. The van der Waals surface area contributed by atoms with Gasteiger partial charge < -0.3 is 4.42 Å². The summed E-state index contributed by atoms with van der Waals surface area (Å²) in [6, 6.07) is 12.1. The SMILES string of the molecule is Cc1ccc2oc(=O)c3c4cc(C)ccc4sc3c2c1. The first-order chi connectivity index (χ1) is 9.63. The molecular formula is C17H12O2S. The van der Waals surface area contributed by atoms with Crippen molar-refractivity contribution in [1.82, 2.24) is 0 Å². The highest BCUT2D eigenvalue weighted by Crippen LogP contribution is 2.36. The van der Waals surface area contributed by atoms with Crippen LogP contribution in [0.3, 0.4) is 0 Å². The summed E-state index contributed by atoms with van der Waals surface area (Å²) < 4.78 is 7.65. The average molecular weight is 280 g/mol. The van der Waals surface area contributed by atoms with Crippen molar-refractivity contribution in [2.75, 3.05) is 0 Å². The first-order valence-electron chi connectivity index (χ1n) is 6.50. The topological polar surface area (TPSA) is 30.2 Å². The lowest BCUT2D eigenvalue weighted by Crippen LogP contribution is -1.98. The van der Waals surface area contributed by atoms with E-state index in [1.54, 1.807) is 11.3 Å². The highest BCUT2D eigenvalue weighted by molar-refractivity contribution is 7.26. The molecule has 0 aliphatic rings. The van der Waals surface area contributed by atoms with Crippen LogP contribution in [0, 0.1) is 13.8 Å². The molecule has 0 unspecified atom stereocenters. The maximum absolute atomic E-state index is 12.3. The highest BCUT2D eigenvalue weighted by Gasteiger charge is 2.14. The number of fused-ring (bicyclic) bond motifs is 5. The van der Waals surface area contributed by atoms with Gasteiger partial charge in [0.05, 0.1) is 10.1 Å². The summed E-state index contributed by atoms with van der Waals surface area (Å²) in [4.78, 5) is 12.3. The molecule has 98 valence electrons. The molecule has 0 aliphatic heterocycles. The van der Waals surface area contributed by atoms with Crippen LogP contribution in [-0.2, 0) is 0 Å². The number of thiophene rings is 1. The lowest BCUT2D eigenvalue weighted by molar-refractivity contribution is 0.570. The largest absolute Gasteiger partial charge is 0.422 e. The van der Waals surface area contributed by atoms with E-state index in [9.17, 15) is 4.79 Å². The fraction of sp³-hybridized carbons (Fsp3) is 0.118. The summed E-state index contributed by atoms with van der Waals surface area (Å²) in [7, 11) is 0. The molecule has 4 aromatic rings. The third kappa shape index (κ3) is 1.53. The second-order valence-corrected chi connectivity index (χ2v) is 6.25. The van der Waals surface area contributed by atoms with Gasteiger partial charge in [0.1, 0.15) is 5.58 Å². The van der Waals surface area contributed by atoms with E-state index in [0.717, 1.165) is 25.7 Å². The number of aryl methyl sites for hydroxylation is 2. The van der Waals surface area contributed by atoms with Crippen LogP contribution < -0.4 is 5.63 Å². The van der Waals surface area contributed by atoms with Crippen molar-refractivity contribution >= 4 is 42.5 Å². The fourth-order valence-corrected chi connectivity index (χ4v) is 3.86. The zero-order valence-electron chi connectivity index (χ0n) is 11.2. The summed E-state index contributed by atoms with van der Waals surface area (Å²) in [6.07, 6.45) is 0. The molecule has 2 aromatic heterocycles. The molecule has 0 aliphatic carbocycles. The van der Waals surface area contributed by atoms with Gasteiger partial charge in [-0.05, 0) is 38.1 Å². The smallest absolute Gasteiger partial charge is 0.345 e. The quantitative estimate of drug-likeness (QED) is 0.434. The molecule has 0 saturated heterocycles. The maximum atomic E-state index is 12.3. The molecule has 0 spiro atoms. The predicted octanol–water partition coefficient (Wildman–Crippen LogP) is 4.78. The summed E-state index contributed by atoms with van der Waals surface area (Å²) in [5, 5.41) is 2.74. The van der Waals surface area contributed by atoms with Gasteiger partial charge in [-0.2, -0.15) is 0 Å². The van der Waals surface area contributed by atoms with Gasteiger partial charge in [-0.1, -0.05) is 23.3 Å². The minimum atomic E-state index is -0.242. The predicted molar refractivity (Wildman–Crippen MR) is 84.8 cm³/mol. The maximum Gasteiger partial charge on any atom is 0.345 e. The molecule has 0 bridgehead atoms. The Hall–Kier alpha value is -2.13. The van der Waals surface area contributed by atoms with E-state index < -0.39 is 0 Å². The van der Waals surface area contributed by atoms with Crippen LogP contribution in [0.4, 0.5) is 0 Å². The van der Waals surface area contributed by atoms with Crippen LogP contribution in [0.15, 0.2) is 45.6 Å².